The standard InChI is InChI=1S/C29H39NO6/c1-27-9-7-20(35-26(32)30-11-13-33-14-12-30)15-19(27)4-5-22-21(27)8-10-28(2)23(16-24-29(22,28)36-24)18-3-6-25(31)34-17-18/h3,6,17,19-24H,4-5,7-16H2,1-2H3/t19-,20+,21+,22-,23-,24-,27+,28-,29-/m1/s1. The minimum absolute atomic E-state index is 0.0235. The molecular formula is C29H39NO6. The molecule has 2 saturated heterocycles. The number of hydrogen-bond donors (Lipinski definition) is 0. The number of carbonyl (C=O) groups excluding carboxylic acids is 1. The van der Waals surface area contributed by atoms with Gasteiger partial charge in [-0.3, -0.25) is 0 Å². The van der Waals surface area contributed by atoms with Gasteiger partial charge in [0.2, 0.25) is 0 Å². The highest BCUT2D eigenvalue weighted by atomic mass is 16.6. The molecule has 2 aliphatic heterocycles. The Bertz CT molecular complexity index is 1080. The summed E-state index contributed by atoms with van der Waals surface area (Å²) in [6, 6.07) is 3.54. The van der Waals surface area contributed by atoms with Crippen molar-refractivity contribution in [1.82, 2.24) is 4.90 Å². The van der Waals surface area contributed by atoms with Gasteiger partial charge >= 0.3 is 11.7 Å². The summed E-state index contributed by atoms with van der Waals surface area (Å²) < 4.78 is 23.4. The number of fused-ring (bicyclic) bond motifs is 3. The third-order valence-corrected chi connectivity index (χ3v) is 11.7. The lowest BCUT2D eigenvalue weighted by Crippen LogP contribution is -2.58. The van der Waals surface area contributed by atoms with Gasteiger partial charge < -0.3 is 23.5 Å². The molecule has 0 aromatic carbocycles. The van der Waals surface area contributed by atoms with Crippen molar-refractivity contribution in [3.63, 3.8) is 0 Å². The number of hydrogen-bond acceptors (Lipinski definition) is 6. The van der Waals surface area contributed by atoms with Crippen LogP contribution in [0.15, 0.2) is 27.6 Å². The fourth-order valence-corrected chi connectivity index (χ4v) is 9.79. The summed E-state index contributed by atoms with van der Waals surface area (Å²) in [5.41, 5.74) is 1.24. The molecule has 3 heterocycles. The Labute approximate surface area is 212 Å². The highest BCUT2D eigenvalue weighted by molar-refractivity contribution is 5.68. The van der Waals surface area contributed by atoms with Gasteiger partial charge in [-0.15, -0.1) is 0 Å². The quantitative estimate of drug-likeness (QED) is 0.549. The first-order chi connectivity index (χ1) is 17.3. The lowest BCUT2D eigenvalue weighted by molar-refractivity contribution is -0.140. The molecule has 6 fully saturated rings. The molecule has 7 rings (SSSR count). The van der Waals surface area contributed by atoms with Crippen LogP contribution in [0.2, 0.25) is 0 Å². The smallest absolute Gasteiger partial charge is 0.410 e. The summed E-state index contributed by atoms with van der Waals surface area (Å²) in [5, 5.41) is 0. The topological polar surface area (TPSA) is 81.5 Å². The highest BCUT2D eigenvalue weighted by Gasteiger charge is 2.80. The van der Waals surface area contributed by atoms with Crippen LogP contribution in [0.1, 0.15) is 76.7 Å². The molecule has 7 heteroatoms. The van der Waals surface area contributed by atoms with E-state index in [2.05, 4.69) is 13.8 Å². The zero-order valence-corrected chi connectivity index (χ0v) is 21.6. The van der Waals surface area contributed by atoms with E-state index in [1.165, 1.54) is 19.3 Å². The van der Waals surface area contributed by atoms with Gasteiger partial charge in [0, 0.05) is 24.6 Å². The van der Waals surface area contributed by atoms with E-state index in [1.807, 2.05) is 6.07 Å². The van der Waals surface area contributed by atoms with Crippen LogP contribution in [0, 0.1) is 28.6 Å². The van der Waals surface area contributed by atoms with Crippen molar-refractivity contribution in [2.75, 3.05) is 26.3 Å². The Kier molecular flexibility index (Phi) is 5.22. The molecule has 1 aromatic heterocycles. The average Bonchev–Trinajstić information content (AvgIpc) is 3.55. The van der Waals surface area contributed by atoms with E-state index < -0.39 is 0 Å². The first-order valence-corrected chi connectivity index (χ1v) is 14.1. The number of rotatable bonds is 2. The molecule has 0 unspecified atom stereocenters. The van der Waals surface area contributed by atoms with Crippen molar-refractivity contribution in [3.05, 3.63) is 34.4 Å². The SMILES string of the molecule is C[C@]12CC[C@H](OC(=O)N3CCOCC3)C[C@H]1CC[C@@H]1[C@@H]2CC[C@]2(C)[C@@H](c3ccc(=O)oc3)C[C@H]3O[C@]132. The molecule has 1 amide bonds. The average molecular weight is 498 g/mol. The van der Waals surface area contributed by atoms with E-state index in [0.29, 0.717) is 56.1 Å². The summed E-state index contributed by atoms with van der Waals surface area (Å²) >= 11 is 0. The summed E-state index contributed by atoms with van der Waals surface area (Å²) in [7, 11) is 0. The summed E-state index contributed by atoms with van der Waals surface area (Å²) in [6.07, 6.45) is 10.8. The maximum absolute atomic E-state index is 12.7. The van der Waals surface area contributed by atoms with E-state index in [4.69, 9.17) is 18.6 Å². The third-order valence-electron chi connectivity index (χ3n) is 11.7. The van der Waals surface area contributed by atoms with E-state index in [1.54, 1.807) is 17.2 Å². The van der Waals surface area contributed by atoms with E-state index in [9.17, 15) is 9.59 Å². The molecule has 4 saturated carbocycles. The zero-order chi connectivity index (χ0) is 24.7. The Morgan fingerprint density at radius 1 is 1.03 bits per heavy atom. The molecule has 6 aliphatic rings. The lowest BCUT2D eigenvalue weighted by Gasteiger charge is -2.61. The zero-order valence-electron chi connectivity index (χ0n) is 21.6. The molecule has 9 atom stereocenters. The van der Waals surface area contributed by atoms with Gasteiger partial charge in [-0.1, -0.05) is 13.8 Å². The van der Waals surface area contributed by atoms with Gasteiger partial charge in [0.25, 0.3) is 0 Å². The Hall–Kier alpha value is -1.86. The van der Waals surface area contributed by atoms with Gasteiger partial charge in [-0.2, -0.15) is 0 Å². The molecule has 36 heavy (non-hydrogen) atoms. The van der Waals surface area contributed by atoms with Crippen molar-refractivity contribution >= 4 is 6.09 Å². The Morgan fingerprint density at radius 3 is 2.64 bits per heavy atom. The predicted molar refractivity (Wildman–Crippen MR) is 132 cm³/mol. The molecule has 7 nitrogen and oxygen atoms in total. The van der Waals surface area contributed by atoms with Crippen LogP contribution in [0.25, 0.3) is 0 Å². The summed E-state index contributed by atoms with van der Waals surface area (Å²) in [4.78, 5) is 26.1. The lowest BCUT2D eigenvalue weighted by atomic mass is 9.44. The van der Waals surface area contributed by atoms with Crippen LogP contribution in [0.4, 0.5) is 4.79 Å². The first kappa shape index (κ1) is 23.3. The number of ether oxygens (including phenoxy) is 3. The molecule has 0 N–H and O–H groups in total. The Balaban J connectivity index is 1.08. The van der Waals surface area contributed by atoms with Gasteiger partial charge in [-0.25, -0.2) is 9.59 Å². The van der Waals surface area contributed by atoms with Crippen LogP contribution in [-0.2, 0) is 14.2 Å². The molecule has 0 radical (unpaired) electrons. The Morgan fingerprint density at radius 2 is 1.86 bits per heavy atom. The molecule has 4 aliphatic carbocycles. The van der Waals surface area contributed by atoms with Crippen molar-refractivity contribution < 1.29 is 23.4 Å². The number of epoxide rings is 1. The van der Waals surface area contributed by atoms with Crippen LogP contribution in [0.5, 0.6) is 0 Å². The second-order valence-corrected chi connectivity index (χ2v) is 12.9. The number of carbonyl (C=O) groups is 1. The van der Waals surface area contributed by atoms with Crippen molar-refractivity contribution in [2.45, 2.75) is 88.9 Å². The fraction of sp³-hybridized carbons (Fsp3) is 0.793. The minimum atomic E-state index is -0.279. The maximum Gasteiger partial charge on any atom is 0.410 e. The normalized spacial score (nSPS) is 47.2. The van der Waals surface area contributed by atoms with Crippen LogP contribution in [0.3, 0.4) is 0 Å². The second kappa shape index (κ2) is 8.07. The van der Waals surface area contributed by atoms with Crippen LogP contribution >= 0.6 is 0 Å². The van der Waals surface area contributed by atoms with Crippen LogP contribution < -0.4 is 5.63 Å². The predicted octanol–water partition coefficient (Wildman–Crippen LogP) is 4.73. The van der Waals surface area contributed by atoms with Crippen molar-refractivity contribution in [1.29, 1.82) is 0 Å². The second-order valence-electron chi connectivity index (χ2n) is 12.9. The molecule has 0 bridgehead atoms. The maximum atomic E-state index is 12.7. The monoisotopic (exact) mass is 497 g/mol. The number of nitrogens with zero attached hydrogens (tertiary/aromatic N) is 1. The molecule has 196 valence electrons. The van der Waals surface area contributed by atoms with Gasteiger partial charge in [0.1, 0.15) is 11.7 Å². The van der Waals surface area contributed by atoms with E-state index in [0.717, 1.165) is 37.7 Å². The van der Waals surface area contributed by atoms with Crippen molar-refractivity contribution in [3.8, 4) is 0 Å². The fourth-order valence-electron chi connectivity index (χ4n) is 9.79. The summed E-state index contributed by atoms with van der Waals surface area (Å²) in [6.45, 7) is 7.45. The third kappa shape index (κ3) is 3.17. The van der Waals surface area contributed by atoms with Gasteiger partial charge in [-0.05, 0) is 92.1 Å². The van der Waals surface area contributed by atoms with Crippen LogP contribution in [-0.4, -0.2) is 55.1 Å². The summed E-state index contributed by atoms with van der Waals surface area (Å²) in [5.74, 6) is 2.25. The van der Waals surface area contributed by atoms with Crippen molar-refractivity contribution in [2.24, 2.45) is 28.6 Å². The number of morpholine rings is 1. The highest BCUT2D eigenvalue weighted by Crippen LogP contribution is 2.78. The number of amides is 1. The molecule has 1 spiro atoms. The van der Waals surface area contributed by atoms with E-state index >= 15 is 0 Å². The minimum Gasteiger partial charge on any atom is -0.446 e. The largest absolute Gasteiger partial charge is 0.446 e. The van der Waals surface area contributed by atoms with E-state index in [-0.39, 0.29) is 34.3 Å². The van der Waals surface area contributed by atoms with Gasteiger partial charge in [0.15, 0.2) is 0 Å². The van der Waals surface area contributed by atoms with Gasteiger partial charge in [0.05, 0.1) is 25.6 Å². The molecular weight excluding hydrogens is 458 g/mol. The molecule has 1 aromatic rings. The first-order valence-electron chi connectivity index (χ1n) is 14.1.